The minimum atomic E-state index is -0.833. The van der Waals surface area contributed by atoms with E-state index in [1.807, 2.05) is 0 Å². The fraction of sp³-hybridized carbons (Fsp3) is 0.938. The van der Waals surface area contributed by atoms with E-state index in [4.69, 9.17) is 9.90 Å². The van der Waals surface area contributed by atoms with Crippen molar-refractivity contribution in [3.63, 3.8) is 0 Å². The third kappa shape index (κ3) is 23.0. The van der Waals surface area contributed by atoms with E-state index in [2.05, 4.69) is 33.0 Å². The van der Waals surface area contributed by atoms with Crippen LogP contribution in [-0.2, 0) is 4.79 Å². The van der Waals surface area contributed by atoms with E-state index in [1.54, 1.807) is 0 Å². The van der Waals surface area contributed by atoms with Gasteiger partial charge in [0.2, 0.25) is 0 Å². The first kappa shape index (κ1) is 20.7. The number of carboxylic acids is 1. The van der Waals surface area contributed by atoms with E-state index < -0.39 is 5.97 Å². The summed E-state index contributed by atoms with van der Waals surface area (Å²) in [6.45, 7) is 10.3. The van der Waals surface area contributed by atoms with Crippen LogP contribution in [0.3, 0.4) is 0 Å². The molecule has 0 aliphatic carbocycles. The van der Waals surface area contributed by atoms with Crippen LogP contribution in [0.15, 0.2) is 0 Å². The van der Waals surface area contributed by atoms with E-state index in [1.165, 1.54) is 51.4 Å². The summed E-state index contributed by atoms with van der Waals surface area (Å²) < 4.78 is 0. The summed E-state index contributed by atoms with van der Waals surface area (Å²) >= 11 is 0. The SMILES string of the molecule is CC(=O)O.CCCCCC(C)NC(C)CCCCC. The molecule has 2 unspecified atom stereocenters. The maximum Gasteiger partial charge on any atom is 0.300 e. The summed E-state index contributed by atoms with van der Waals surface area (Å²) in [5.41, 5.74) is 0. The number of carboxylic acid groups (broad SMARTS) is 1. The highest BCUT2D eigenvalue weighted by Crippen LogP contribution is 2.07. The molecular formula is C16H35NO2. The van der Waals surface area contributed by atoms with Gasteiger partial charge in [-0.2, -0.15) is 0 Å². The highest BCUT2D eigenvalue weighted by molar-refractivity contribution is 5.62. The summed E-state index contributed by atoms with van der Waals surface area (Å²) in [5, 5.41) is 11.1. The Morgan fingerprint density at radius 3 is 1.53 bits per heavy atom. The van der Waals surface area contributed by atoms with Gasteiger partial charge in [-0.3, -0.25) is 4.79 Å². The average molecular weight is 273 g/mol. The highest BCUT2D eigenvalue weighted by Gasteiger charge is 2.06. The lowest BCUT2D eigenvalue weighted by Crippen LogP contribution is -2.34. The van der Waals surface area contributed by atoms with E-state index in [9.17, 15) is 0 Å². The molecule has 0 amide bonds. The number of hydrogen-bond donors (Lipinski definition) is 2. The molecule has 0 radical (unpaired) electrons. The molecule has 2 N–H and O–H groups in total. The first-order valence-corrected chi connectivity index (χ1v) is 7.89. The molecule has 0 aromatic heterocycles. The molecule has 0 rings (SSSR count). The predicted octanol–water partition coefficient (Wildman–Crippen LogP) is 4.60. The van der Waals surface area contributed by atoms with Crippen molar-refractivity contribution < 1.29 is 9.90 Å². The van der Waals surface area contributed by atoms with Crippen LogP contribution in [0.5, 0.6) is 0 Å². The molecule has 0 heterocycles. The van der Waals surface area contributed by atoms with Gasteiger partial charge in [0.05, 0.1) is 0 Å². The molecule has 0 saturated carbocycles. The van der Waals surface area contributed by atoms with Gasteiger partial charge in [0.1, 0.15) is 0 Å². The number of rotatable bonds is 10. The fourth-order valence-electron chi connectivity index (χ4n) is 2.05. The van der Waals surface area contributed by atoms with Gasteiger partial charge in [-0.05, 0) is 26.7 Å². The van der Waals surface area contributed by atoms with Gasteiger partial charge in [0.15, 0.2) is 0 Å². The molecule has 2 atom stereocenters. The standard InChI is InChI=1S/C14H31N.C2H4O2/c1-5-7-9-11-13(3)15-14(4)12-10-8-6-2;1-2(3)4/h13-15H,5-12H2,1-4H3;1H3,(H,3,4). The Morgan fingerprint density at radius 2 is 1.26 bits per heavy atom. The van der Waals surface area contributed by atoms with Gasteiger partial charge in [0, 0.05) is 19.0 Å². The Hall–Kier alpha value is -0.570. The zero-order chi connectivity index (χ0) is 15.1. The molecule has 3 heteroatoms. The van der Waals surface area contributed by atoms with Gasteiger partial charge < -0.3 is 10.4 Å². The van der Waals surface area contributed by atoms with Gasteiger partial charge in [-0.25, -0.2) is 0 Å². The smallest absolute Gasteiger partial charge is 0.300 e. The molecule has 0 aliphatic rings. The first-order chi connectivity index (χ1) is 8.93. The monoisotopic (exact) mass is 273 g/mol. The van der Waals surface area contributed by atoms with Crippen molar-refractivity contribution in [3.8, 4) is 0 Å². The van der Waals surface area contributed by atoms with Crippen LogP contribution in [0.25, 0.3) is 0 Å². The van der Waals surface area contributed by atoms with E-state index in [-0.39, 0.29) is 0 Å². The molecule has 0 aromatic rings. The Bertz CT molecular complexity index is 177. The third-order valence-electron chi connectivity index (χ3n) is 3.05. The Labute approximate surface area is 120 Å². The second-order valence-electron chi connectivity index (χ2n) is 5.48. The molecular weight excluding hydrogens is 238 g/mol. The Balaban J connectivity index is 0. The van der Waals surface area contributed by atoms with E-state index in [0.29, 0.717) is 12.1 Å². The molecule has 0 fully saturated rings. The van der Waals surface area contributed by atoms with Crippen molar-refractivity contribution in [1.82, 2.24) is 5.32 Å². The van der Waals surface area contributed by atoms with Crippen LogP contribution >= 0.6 is 0 Å². The minimum absolute atomic E-state index is 0.702. The normalized spacial score (nSPS) is 13.3. The summed E-state index contributed by atoms with van der Waals surface area (Å²) in [6.07, 6.45) is 10.9. The zero-order valence-electron chi connectivity index (χ0n) is 13.7. The van der Waals surface area contributed by atoms with Crippen molar-refractivity contribution in [2.75, 3.05) is 0 Å². The Kier molecular flexibility index (Phi) is 16.9. The fourth-order valence-corrected chi connectivity index (χ4v) is 2.05. The topological polar surface area (TPSA) is 49.3 Å². The second-order valence-corrected chi connectivity index (χ2v) is 5.48. The minimum Gasteiger partial charge on any atom is -0.481 e. The quantitative estimate of drug-likeness (QED) is 0.572. The molecule has 3 nitrogen and oxygen atoms in total. The number of unbranched alkanes of at least 4 members (excludes halogenated alkanes) is 4. The number of aliphatic carboxylic acids is 1. The second kappa shape index (κ2) is 15.5. The molecule has 0 bridgehead atoms. The summed E-state index contributed by atoms with van der Waals surface area (Å²) in [7, 11) is 0. The van der Waals surface area contributed by atoms with Gasteiger partial charge in [0.25, 0.3) is 5.97 Å². The third-order valence-corrected chi connectivity index (χ3v) is 3.05. The molecule has 19 heavy (non-hydrogen) atoms. The van der Waals surface area contributed by atoms with Crippen molar-refractivity contribution >= 4 is 5.97 Å². The summed E-state index contributed by atoms with van der Waals surface area (Å²) in [6, 6.07) is 1.40. The molecule has 116 valence electrons. The van der Waals surface area contributed by atoms with Crippen molar-refractivity contribution in [2.45, 2.75) is 98.1 Å². The first-order valence-electron chi connectivity index (χ1n) is 7.89. The van der Waals surface area contributed by atoms with E-state index >= 15 is 0 Å². The van der Waals surface area contributed by atoms with Crippen LogP contribution in [0, 0.1) is 0 Å². The number of carbonyl (C=O) groups is 1. The number of hydrogen-bond acceptors (Lipinski definition) is 2. The summed E-state index contributed by atoms with van der Waals surface area (Å²) in [4.78, 5) is 9.00. The molecule has 0 aliphatic heterocycles. The lowest BCUT2D eigenvalue weighted by molar-refractivity contribution is -0.134. The van der Waals surface area contributed by atoms with Crippen LogP contribution < -0.4 is 5.32 Å². The largest absolute Gasteiger partial charge is 0.481 e. The van der Waals surface area contributed by atoms with Crippen LogP contribution in [0.2, 0.25) is 0 Å². The van der Waals surface area contributed by atoms with Crippen molar-refractivity contribution in [2.24, 2.45) is 0 Å². The van der Waals surface area contributed by atoms with Gasteiger partial charge in [-0.1, -0.05) is 52.4 Å². The van der Waals surface area contributed by atoms with Gasteiger partial charge >= 0.3 is 0 Å². The Morgan fingerprint density at radius 1 is 0.947 bits per heavy atom. The van der Waals surface area contributed by atoms with Crippen LogP contribution in [0.4, 0.5) is 0 Å². The number of nitrogens with one attached hydrogen (secondary N) is 1. The van der Waals surface area contributed by atoms with Gasteiger partial charge in [-0.15, -0.1) is 0 Å². The molecule has 0 aromatic carbocycles. The highest BCUT2D eigenvalue weighted by atomic mass is 16.4. The van der Waals surface area contributed by atoms with Crippen molar-refractivity contribution in [1.29, 1.82) is 0 Å². The maximum atomic E-state index is 9.00. The maximum absolute atomic E-state index is 9.00. The van der Waals surface area contributed by atoms with Crippen LogP contribution in [0.1, 0.15) is 86.0 Å². The average Bonchev–Trinajstić information content (AvgIpc) is 2.29. The van der Waals surface area contributed by atoms with Crippen molar-refractivity contribution in [3.05, 3.63) is 0 Å². The summed E-state index contributed by atoms with van der Waals surface area (Å²) in [5.74, 6) is -0.833. The zero-order valence-corrected chi connectivity index (χ0v) is 13.7. The predicted molar refractivity (Wildman–Crippen MR) is 83.7 cm³/mol. The molecule has 0 saturated heterocycles. The lowest BCUT2D eigenvalue weighted by Gasteiger charge is -2.19. The van der Waals surface area contributed by atoms with Crippen LogP contribution in [-0.4, -0.2) is 23.2 Å². The molecule has 0 spiro atoms. The van der Waals surface area contributed by atoms with E-state index in [0.717, 1.165) is 6.92 Å². The lowest BCUT2D eigenvalue weighted by atomic mass is 10.1.